The van der Waals surface area contributed by atoms with E-state index in [2.05, 4.69) is 28.5 Å². The van der Waals surface area contributed by atoms with Gasteiger partial charge in [0.25, 0.3) is 0 Å². The molecule has 0 amide bonds. The van der Waals surface area contributed by atoms with E-state index in [-0.39, 0.29) is 11.3 Å². The highest BCUT2D eigenvalue weighted by Gasteiger charge is 2.37. The molecule has 22 heavy (non-hydrogen) atoms. The molecule has 3 rings (SSSR count). The van der Waals surface area contributed by atoms with Crippen molar-refractivity contribution in [1.82, 2.24) is 4.98 Å². The van der Waals surface area contributed by atoms with Gasteiger partial charge in [-0.15, -0.1) is 0 Å². The van der Waals surface area contributed by atoms with Crippen molar-refractivity contribution in [2.75, 3.05) is 4.90 Å². The van der Waals surface area contributed by atoms with Crippen LogP contribution in [0.2, 0.25) is 5.02 Å². The van der Waals surface area contributed by atoms with Gasteiger partial charge in [-0.25, -0.2) is 0 Å². The van der Waals surface area contributed by atoms with Gasteiger partial charge in [-0.1, -0.05) is 17.7 Å². The average molecular weight is 325 g/mol. The topological polar surface area (TPSA) is 25.4 Å². The van der Waals surface area contributed by atoms with Crippen LogP contribution in [-0.4, -0.2) is 11.6 Å². The Hall–Kier alpha value is -1.88. The first kappa shape index (κ1) is 15.0. The third-order valence-corrected chi connectivity index (χ3v) is 4.20. The lowest BCUT2D eigenvalue weighted by Crippen LogP contribution is -2.35. The Balaban J connectivity index is 1.97. The first-order valence-electron chi connectivity index (χ1n) is 6.84. The van der Waals surface area contributed by atoms with Crippen molar-refractivity contribution in [3.05, 3.63) is 52.8 Å². The van der Waals surface area contributed by atoms with Gasteiger partial charge in [0.05, 0.1) is 23.6 Å². The third kappa shape index (κ3) is 2.61. The molecule has 0 atom stereocenters. The minimum absolute atomic E-state index is 0.0530. The van der Waals surface area contributed by atoms with Crippen LogP contribution in [-0.2, 0) is 12.1 Å². The Labute approximate surface area is 132 Å². The summed E-state index contributed by atoms with van der Waals surface area (Å²) in [7, 11) is 0. The zero-order valence-corrected chi connectivity index (χ0v) is 12.9. The lowest BCUT2D eigenvalue weighted by atomic mass is 9.93. The molecule has 6 heteroatoms. The fourth-order valence-electron chi connectivity index (χ4n) is 2.91. The lowest BCUT2D eigenvalue weighted by molar-refractivity contribution is -0.0500. The molecule has 0 saturated heterocycles. The maximum Gasteiger partial charge on any atom is 0.387 e. The summed E-state index contributed by atoms with van der Waals surface area (Å²) in [5.41, 5.74) is 2.70. The number of nitrogens with zero attached hydrogens (tertiary/aromatic N) is 2. The summed E-state index contributed by atoms with van der Waals surface area (Å²) in [6, 6.07) is 7.37. The Morgan fingerprint density at radius 3 is 2.77 bits per heavy atom. The molecule has 3 nitrogen and oxygen atoms in total. The number of anilines is 1. The van der Waals surface area contributed by atoms with Gasteiger partial charge >= 0.3 is 6.61 Å². The van der Waals surface area contributed by atoms with E-state index < -0.39 is 6.61 Å². The van der Waals surface area contributed by atoms with Gasteiger partial charge in [0, 0.05) is 17.6 Å². The zero-order chi connectivity index (χ0) is 15.9. The zero-order valence-electron chi connectivity index (χ0n) is 12.2. The smallest absolute Gasteiger partial charge is 0.387 e. The molecule has 1 aromatic heterocycles. The highest BCUT2D eigenvalue weighted by Crippen LogP contribution is 2.43. The monoisotopic (exact) mass is 324 g/mol. The maximum atomic E-state index is 12.4. The summed E-state index contributed by atoms with van der Waals surface area (Å²) < 4.78 is 29.2. The van der Waals surface area contributed by atoms with Crippen molar-refractivity contribution in [1.29, 1.82) is 0 Å². The Kier molecular flexibility index (Phi) is 3.68. The summed E-state index contributed by atoms with van der Waals surface area (Å²) in [6.07, 6.45) is 2.93. The third-order valence-electron chi connectivity index (χ3n) is 3.97. The summed E-state index contributed by atoms with van der Waals surface area (Å²) in [5, 5.41) is 0.682. The standard InChI is InChI=1S/C16H15ClF2N2O/c1-16(2)14-5-11(17)4-3-10(14)9-21(16)12-6-13(8-20-7-12)22-15(18)19/h3-8,15H,9H2,1-2H3. The van der Waals surface area contributed by atoms with Crippen LogP contribution in [0, 0.1) is 0 Å². The second-order valence-corrected chi connectivity index (χ2v) is 6.14. The minimum Gasteiger partial charge on any atom is -0.433 e. The van der Waals surface area contributed by atoms with Crippen molar-refractivity contribution in [3.63, 3.8) is 0 Å². The average Bonchev–Trinajstić information content (AvgIpc) is 2.70. The molecule has 0 radical (unpaired) electrons. The predicted molar refractivity (Wildman–Crippen MR) is 81.5 cm³/mol. The van der Waals surface area contributed by atoms with E-state index in [4.69, 9.17) is 11.6 Å². The van der Waals surface area contributed by atoms with E-state index in [0.717, 1.165) is 16.8 Å². The van der Waals surface area contributed by atoms with Gasteiger partial charge in [-0.3, -0.25) is 4.98 Å². The number of hydrogen-bond acceptors (Lipinski definition) is 3. The van der Waals surface area contributed by atoms with E-state index in [0.29, 0.717) is 11.6 Å². The number of aromatic nitrogens is 1. The fourth-order valence-corrected chi connectivity index (χ4v) is 3.08. The van der Waals surface area contributed by atoms with E-state index in [9.17, 15) is 8.78 Å². The number of alkyl halides is 2. The second kappa shape index (κ2) is 5.39. The minimum atomic E-state index is -2.86. The van der Waals surface area contributed by atoms with Crippen molar-refractivity contribution in [3.8, 4) is 5.75 Å². The molecule has 2 heterocycles. The quantitative estimate of drug-likeness (QED) is 0.825. The van der Waals surface area contributed by atoms with Crippen molar-refractivity contribution in [2.45, 2.75) is 32.5 Å². The van der Waals surface area contributed by atoms with Gasteiger partial charge < -0.3 is 9.64 Å². The van der Waals surface area contributed by atoms with Gasteiger partial charge in [-0.05, 0) is 37.1 Å². The molecule has 1 aliphatic rings. The van der Waals surface area contributed by atoms with Crippen LogP contribution in [0.1, 0.15) is 25.0 Å². The van der Waals surface area contributed by atoms with Crippen LogP contribution in [0.3, 0.4) is 0 Å². The molecule has 116 valence electrons. The van der Waals surface area contributed by atoms with Crippen LogP contribution in [0.15, 0.2) is 36.7 Å². The van der Waals surface area contributed by atoms with Crippen LogP contribution in [0.25, 0.3) is 0 Å². The van der Waals surface area contributed by atoms with Crippen LogP contribution >= 0.6 is 11.6 Å². The van der Waals surface area contributed by atoms with Crippen LogP contribution < -0.4 is 9.64 Å². The van der Waals surface area contributed by atoms with Gasteiger partial charge in [-0.2, -0.15) is 8.78 Å². The molecular formula is C16H15ClF2N2O. The molecule has 1 aromatic carbocycles. The van der Waals surface area contributed by atoms with E-state index >= 15 is 0 Å². The molecule has 2 aromatic rings. The molecule has 1 aliphatic heterocycles. The number of benzene rings is 1. The molecule has 0 saturated carbocycles. The first-order valence-corrected chi connectivity index (χ1v) is 7.22. The van der Waals surface area contributed by atoms with Crippen LogP contribution in [0.5, 0.6) is 5.75 Å². The number of halogens is 3. The Morgan fingerprint density at radius 1 is 1.27 bits per heavy atom. The molecule has 0 unspecified atom stereocenters. The van der Waals surface area contributed by atoms with Crippen molar-refractivity contribution >= 4 is 17.3 Å². The van der Waals surface area contributed by atoms with E-state index in [1.807, 2.05) is 18.2 Å². The number of fused-ring (bicyclic) bond motifs is 1. The van der Waals surface area contributed by atoms with Crippen LogP contribution in [0.4, 0.5) is 14.5 Å². The molecule has 0 spiro atoms. The summed E-state index contributed by atoms with van der Waals surface area (Å²) >= 11 is 6.09. The molecule has 0 aliphatic carbocycles. The van der Waals surface area contributed by atoms with Crippen molar-refractivity contribution in [2.24, 2.45) is 0 Å². The predicted octanol–water partition coefficient (Wildman–Crippen LogP) is 4.59. The normalized spacial score (nSPS) is 16.0. The molecular weight excluding hydrogens is 310 g/mol. The number of rotatable bonds is 3. The van der Waals surface area contributed by atoms with Gasteiger partial charge in [0.1, 0.15) is 5.75 Å². The SMILES string of the molecule is CC1(C)c2cc(Cl)ccc2CN1c1cncc(OC(F)F)c1. The molecule has 0 bridgehead atoms. The van der Waals surface area contributed by atoms with E-state index in [1.54, 1.807) is 12.3 Å². The molecule has 0 fully saturated rings. The van der Waals surface area contributed by atoms with Gasteiger partial charge in [0.15, 0.2) is 0 Å². The number of hydrogen-bond donors (Lipinski definition) is 0. The first-order chi connectivity index (χ1) is 10.4. The number of ether oxygens (including phenoxy) is 1. The second-order valence-electron chi connectivity index (χ2n) is 5.70. The highest BCUT2D eigenvalue weighted by molar-refractivity contribution is 6.30. The van der Waals surface area contributed by atoms with Crippen molar-refractivity contribution < 1.29 is 13.5 Å². The fraction of sp³-hybridized carbons (Fsp3) is 0.312. The van der Waals surface area contributed by atoms with E-state index in [1.165, 1.54) is 6.20 Å². The summed E-state index contributed by atoms with van der Waals surface area (Å²) in [5.74, 6) is 0.0530. The summed E-state index contributed by atoms with van der Waals surface area (Å²) in [6.45, 7) is 1.94. The lowest BCUT2D eigenvalue weighted by Gasteiger charge is -2.34. The number of pyridine rings is 1. The maximum absolute atomic E-state index is 12.4. The Morgan fingerprint density at radius 2 is 2.05 bits per heavy atom. The molecule has 0 N–H and O–H groups in total. The van der Waals surface area contributed by atoms with Gasteiger partial charge in [0.2, 0.25) is 0 Å². The Bertz CT molecular complexity index is 706. The summed E-state index contributed by atoms with van der Waals surface area (Å²) in [4.78, 5) is 6.10. The largest absolute Gasteiger partial charge is 0.433 e. The highest BCUT2D eigenvalue weighted by atomic mass is 35.5.